The van der Waals surface area contributed by atoms with Crippen LogP contribution in [0.2, 0.25) is 0 Å². The molecule has 0 saturated carbocycles. The van der Waals surface area contributed by atoms with E-state index >= 15 is 0 Å². The van der Waals surface area contributed by atoms with Crippen LogP contribution in [0.1, 0.15) is 16.7 Å². The summed E-state index contributed by atoms with van der Waals surface area (Å²) in [4.78, 5) is 29.8. The molecule has 0 aliphatic carbocycles. The maximum atomic E-state index is 12.8. The summed E-state index contributed by atoms with van der Waals surface area (Å²) in [5, 5.41) is 6.95. The molecule has 4 aromatic rings. The topological polar surface area (TPSA) is 76.0 Å². The quantitative estimate of drug-likeness (QED) is 0.496. The molecule has 1 amide bonds. The van der Waals surface area contributed by atoms with Crippen molar-refractivity contribution in [2.24, 2.45) is 0 Å². The minimum Gasteiger partial charge on any atom is -0.365 e. The van der Waals surface area contributed by atoms with Gasteiger partial charge in [-0.1, -0.05) is 54.6 Å². The molecule has 1 aromatic heterocycles. The van der Waals surface area contributed by atoms with Crippen LogP contribution >= 0.6 is 0 Å². The molecule has 3 aromatic carbocycles. The number of hydrogen-bond donors (Lipinski definition) is 2. The fraction of sp³-hybridized carbons (Fsp3) is 0.160. The number of amides is 1. The van der Waals surface area contributed by atoms with Crippen LogP contribution in [0.5, 0.6) is 0 Å². The lowest BCUT2D eigenvalue weighted by Gasteiger charge is -2.15. The van der Waals surface area contributed by atoms with Crippen molar-refractivity contribution in [1.29, 1.82) is 0 Å². The summed E-state index contributed by atoms with van der Waals surface area (Å²) >= 11 is 0. The maximum absolute atomic E-state index is 12.8. The molecule has 0 spiro atoms. The van der Waals surface area contributed by atoms with Crippen LogP contribution in [0.4, 0.5) is 11.5 Å². The molecule has 0 atom stereocenters. The third kappa shape index (κ3) is 4.48. The molecule has 0 aliphatic heterocycles. The van der Waals surface area contributed by atoms with E-state index in [9.17, 15) is 9.59 Å². The summed E-state index contributed by atoms with van der Waals surface area (Å²) < 4.78 is 1.41. The Labute approximate surface area is 180 Å². The van der Waals surface area contributed by atoms with E-state index in [1.807, 2.05) is 86.6 Å². The second kappa shape index (κ2) is 8.83. The van der Waals surface area contributed by atoms with Gasteiger partial charge in [0.2, 0.25) is 5.91 Å². The van der Waals surface area contributed by atoms with Gasteiger partial charge in [-0.05, 0) is 48.7 Å². The number of aryl methyl sites for hydroxylation is 1. The summed E-state index contributed by atoms with van der Waals surface area (Å²) in [5.41, 5.74) is 4.13. The van der Waals surface area contributed by atoms with Gasteiger partial charge in [0, 0.05) is 17.6 Å². The van der Waals surface area contributed by atoms with Gasteiger partial charge in [-0.2, -0.15) is 4.98 Å². The van der Waals surface area contributed by atoms with E-state index in [2.05, 4.69) is 15.6 Å². The van der Waals surface area contributed by atoms with Crippen molar-refractivity contribution in [2.45, 2.75) is 26.9 Å². The number of anilines is 2. The highest BCUT2D eigenvalue weighted by atomic mass is 16.2. The van der Waals surface area contributed by atoms with E-state index in [4.69, 9.17) is 0 Å². The van der Waals surface area contributed by atoms with Gasteiger partial charge in [0.25, 0.3) is 0 Å². The molecule has 1 heterocycles. The van der Waals surface area contributed by atoms with Crippen molar-refractivity contribution in [1.82, 2.24) is 9.55 Å². The van der Waals surface area contributed by atoms with Gasteiger partial charge >= 0.3 is 5.69 Å². The van der Waals surface area contributed by atoms with Crippen molar-refractivity contribution < 1.29 is 4.79 Å². The number of para-hydroxylation sites is 1. The van der Waals surface area contributed by atoms with Gasteiger partial charge in [-0.3, -0.25) is 9.36 Å². The van der Waals surface area contributed by atoms with E-state index in [0.29, 0.717) is 17.9 Å². The zero-order valence-electron chi connectivity index (χ0n) is 17.6. The molecule has 0 saturated heterocycles. The first-order valence-electron chi connectivity index (χ1n) is 10.2. The van der Waals surface area contributed by atoms with Crippen molar-refractivity contribution in [2.75, 3.05) is 10.6 Å². The number of aromatic nitrogens is 2. The minimum absolute atomic E-state index is 0.112. The number of rotatable bonds is 6. The number of fused-ring (bicyclic) bond motifs is 1. The Morgan fingerprint density at radius 1 is 0.935 bits per heavy atom. The highest BCUT2D eigenvalue weighted by molar-refractivity contribution is 5.94. The fourth-order valence-electron chi connectivity index (χ4n) is 3.52. The van der Waals surface area contributed by atoms with Crippen molar-refractivity contribution in [3.63, 3.8) is 0 Å². The molecule has 0 aliphatic rings. The van der Waals surface area contributed by atoms with E-state index in [-0.39, 0.29) is 12.5 Å². The highest BCUT2D eigenvalue weighted by Gasteiger charge is 2.14. The highest BCUT2D eigenvalue weighted by Crippen LogP contribution is 2.21. The van der Waals surface area contributed by atoms with Gasteiger partial charge in [0.1, 0.15) is 12.4 Å². The van der Waals surface area contributed by atoms with Gasteiger partial charge in [0.15, 0.2) is 0 Å². The summed E-state index contributed by atoms with van der Waals surface area (Å²) in [6.45, 7) is 4.39. The van der Waals surface area contributed by atoms with Crippen molar-refractivity contribution in [3.05, 3.63) is 100.0 Å². The maximum Gasteiger partial charge on any atom is 0.350 e. The van der Waals surface area contributed by atoms with E-state index in [0.717, 1.165) is 27.8 Å². The molecule has 156 valence electrons. The number of benzene rings is 3. The SMILES string of the molecule is Cc1cccc(NC(=O)Cn2c(=O)nc(NCc3ccccc3)c3ccccc32)c1C. The Bertz CT molecular complexity index is 1300. The average Bonchev–Trinajstić information content (AvgIpc) is 2.78. The molecule has 6 heteroatoms. The molecule has 6 nitrogen and oxygen atoms in total. The summed E-state index contributed by atoms with van der Waals surface area (Å²) in [7, 11) is 0. The Kier molecular flexibility index (Phi) is 5.80. The summed E-state index contributed by atoms with van der Waals surface area (Å²) in [5.74, 6) is 0.239. The third-order valence-corrected chi connectivity index (χ3v) is 5.37. The number of hydrogen-bond acceptors (Lipinski definition) is 4. The molecule has 2 N–H and O–H groups in total. The minimum atomic E-state index is -0.467. The Balaban J connectivity index is 1.61. The Morgan fingerprint density at radius 3 is 2.48 bits per heavy atom. The van der Waals surface area contributed by atoms with Crippen molar-refractivity contribution >= 4 is 28.3 Å². The summed E-state index contributed by atoms with van der Waals surface area (Å²) in [6, 6.07) is 23.1. The molecule has 0 bridgehead atoms. The Hall–Kier alpha value is -3.93. The number of carbonyl (C=O) groups excluding carboxylic acids is 1. The number of nitrogens with one attached hydrogen (secondary N) is 2. The van der Waals surface area contributed by atoms with Crippen LogP contribution in [-0.2, 0) is 17.9 Å². The second-order valence-electron chi connectivity index (χ2n) is 7.48. The van der Waals surface area contributed by atoms with E-state index in [1.165, 1.54) is 4.57 Å². The molecular weight excluding hydrogens is 388 g/mol. The van der Waals surface area contributed by atoms with Gasteiger partial charge in [0.05, 0.1) is 5.52 Å². The van der Waals surface area contributed by atoms with Crippen LogP contribution in [0, 0.1) is 13.8 Å². The zero-order valence-corrected chi connectivity index (χ0v) is 17.6. The van der Waals surface area contributed by atoms with Gasteiger partial charge in [-0.25, -0.2) is 4.79 Å². The normalized spacial score (nSPS) is 10.8. The summed E-state index contributed by atoms with van der Waals surface area (Å²) in [6.07, 6.45) is 0. The number of carbonyl (C=O) groups is 1. The van der Waals surface area contributed by atoms with Crippen LogP contribution in [0.25, 0.3) is 10.9 Å². The molecule has 0 fully saturated rings. The van der Waals surface area contributed by atoms with E-state index < -0.39 is 5.69 Å². The van der Waals surface area contributed by atoms with Crippen molar-refractivity contribution in [3.8, 4) is 0 Å². The van der Waals surface area contributed by atoms with E-state index in [1.54, 1.807) is 0 Å². The zero-order chi connectivity index (χ0) is 21.8. The molecule has 31 heavy (non-hydrogen) atoms. The Morgan fingerprint density at radius 2 is 1.68 bits per heavy atom. The smallest absolute Gasteiger partial charge is 0.350 e. The third-order valence-electron chi connectivity index (χ3n) is 5.37. The second-order valence-corrected chi connectivity index (χ2v) is 7.48. The van der Waals surface area contributed by atoms with Crippen LogP contribution in [-0.4, -0.2) is 15.5 Å². The molecule has 0 radical (unpaired) electrons. The fourth-order valence-corrected chi connectivity index (χ4v) is 3.52. The van der Waals surface area contributed by atoms with Crippen LogP contribution < -0.4 is 16.3 Å². The monoisotopic (exact) mass is 412 g/mol. The molecule has 0 unspecified atom stereocenters. The van der Waals surface area contributed by atoms with Crippen LogP contribution in [0.15, 0.2) is 77.6 Å². The first-order valence-corrected chi connectivity index (χ1v) is 10.2. The predicted molar refractivity (Wildman–Crippen MR) is 124 cm³/mol. The number of nitrogens with zero attached hydrogens (tertiary/aromatic N) is 2. The standard InChI is InChI=1S/C25H24N4O2/c1-17-9-8-13-21(18(17)2)27-23(30)16-29-22-14-7-6-12-20(22)24(28-25(29)31)26-15-19-10-4-3-5-11-19/h3-14H,15-16H2,1-2H3,(H,27,30)(H,26,28,31). The first-order chi connectivity index (χ1) is 15.0. The molecule has 4 rings (SSSR count). The predicted octanol–water partition coefficient (Wildman–Crippen LogP) is 4.26. The lowest BCUT2D eigenvalue weighted by atomic mass is 10.1. The lowest BCUT2D eigenvalue weighted by Crippen LogP contribution is -2.30. The molecular formula is C25H24N4O2. The van der Waals surface area contributed by atoms with Gasteiger partial charge < -0.3 is 10.6 Å². The van der Waals surface area contributed by atoms with Gasteiger partial charge in [-0.15, -0.1) is 0 Å². The lowest BCUT2D eigenvalue weighted by molar-refractivity contribution is -0.116. The first kappa shape index (κ1) is 20.3. The van der Waals surface area contributed by atoms with Crippen LogP contribution in [0.3, 0.4) is 0 Å². The largest absolute Gasteiger partial charge is 0.365 e. The average molecular weight is 412 g/mol.